The maximum Gasteiger partial charge on any atom is 0.290 e. The summed E-state index contributed by atoms with van der Waals surface area (Å²) in [6.07, 6.45) is 0.0122. The Morgan fingerprint density at radius 3 is 2.53 bits per heavy atom. The Kier molecular flexibility index (Phi) is 7.67. The van der Waals surface area contributed by atoms with Gasteiger partial charge < -0.3 is 29.5 Å². The van der Waals surface area contributed by atoms with E-state index in [0.29, 0.717) is 24.6 Å². The van der Waals surface area contributed by atoms with Gasteiger partial charge in [-0.1, -0.05) is 30.3 Å². The average molecular weight is 442 g/mol. The minimum Gasteiger partial charge on any atom is -0.493 e. The van der Waals surface area contributed by atoms with Crippen molar-refractivity contribution in [1.29, 1.82) is 0 Å². The zero-order valence-electron chi connectivity index (χ0n) is 17.9. The van der Waals surface area contributed by atoms with Crippen molar-refractivity contribution < 1.29 is 33.7 Å². The molecule has 0 spiro atoms. The maximum absolute atomic E-state index is 13.3. The molecule has 2 atom stereocenters. The monoisotopic (exact) mass is 442 g/mol. The second kappa shape index (κ2) is 10.6. The van der Waals surface area contributed by atoms with E-state index in [-0.39, 0.29) is 24.9 Å². The zero-order valence-corrected chi connectivity index (χ0v) is 17.9. The predicted molar refractivity (Wildman–Crippen MR) is 114 cm³/mol. The molecule has 2 heterocycles. The highest BCUT2D eigenvalue weighted by Crippen LogP contribution is 2.33. The van der Waals surface area contributed by atoms with Gasteiger partial charge in [-0.2, -0.15) is 0 Å². The molecule has 0 radical (unpaired) electrons. The Bertz CT molecular complexity index is 979. The molecular weight excluding hydrogens is 416 g/mol. The zero-order chi connectivity index (χ0) is 23.1. The fraction of sp³-hybridized carbons (Fsp3) is 0.348. The van der Waals surface area contributed by atoms with E-state index in [2.05, 4.69) is 11.4 Å². The van der Waals surface area contributed by atoms with Gasteiger partial charge >= 0.3 is 0 Å². The minimum absolute atomic E-state index is 0.126. The molecule has 0 aromatic heterocycles. The van der Waals surface area contributed by atoms with Crippen LogP contribution in [0, 0.1) is 0 Å². The molecule has 0 bridgehead atoms. The second-order valence-electron chi connectivity index (χ2n) is 7.28. The number of nitrogens with zero attached hydrogens (tertiary/aromatic N) is 1. The lowest BCUT2D eigenvalue weighted by atomic mass is 9.96. The Morgan fingerprint density at radius 1 is 1.16 bits per heavy atom. The fourth-order valence-corrected chi connectivity index (χ4v) is 3.93. The highest BCUT2D eigenvalue weighted by molar-refractivity contribution is 5.86. The van der Waals surface area contributed by atoms with Gasteiger partial charge in [0.2, 0.25) is 5.91 Å². The average Bonchev–Trinajstić information content (AvgIpc) is 2.83. The molecule has 2 aliphatic heterocycles. The van der Waals surface area contributed by atoms with Crippen LogP contribution in [-0.2, 0) is 32.1 Å². The van der Waals surface area contributed by atoms with E-state index in [0.717, 1.165) is 17.5 Å². The molecule has 2 aromatic rings. The van der Waals surface area contributed by atoms with Crippen molar-refractivity contribution in [3.8, 4) is 11.5 Å². The number of hydrogen-bond donors (Lipinski definition) is 2. The van der Waals surface area contributed by atoms with Gasteiger partial charge in [-0.15, -0.1) is 0 Å². The van der Waals surface area contributed by atoms with Crippen LogP contribution in [0.25, 0.3) is 0 Å². The number of fused-ring (bicyclic) bond motifs is 1. The largest absolute Gasteiger partial charge is 0.493 e. The first-order valence-corrected chi connectivity index (χ1v) is 10.1. The van der Waals surface area contributed by atoms with Gasteiger partial charge in [-0.3, -0.25) is 14.4 Å². The number of rotatable bonds is 4. The molecular formula is C23H26N2O7. The summed E-state index contributed by atoms with van der Waals surface area (Å²) < 4.78 is 16.4. The van der Waals surface area contributed by atoms with Crippen molar-refractivity contribution in [2.24, 2.45) is 0 Å². The molecule has 4 rings (SSSR count). The molecule has 32 heavy (non-hydrogen) atoms. The van der Waals surface area contributed by atoms with Crippen molar-refractivity contribution in [2.75, 3.05) is 27.4 Å². The molecule has 0 saturated carbocycles. The molecule has 9 heteroatoms. The van der Waals surface area contributed by atoms with E-state index in [1.165, 1.54) is 5.56 Å². The number of morpholine rings is 1. The summed E-state index contributed by atoms with van der Waals surface area (Å²) in [6, 6.07) is 12.9. The number of ether oxygens (including phenoxy) is 3. The van der Waals surface area contributed by atoms with Crippen LogP contribution in [0.2, 0.25) is 0 Å². The summed E-state index contributed by atoms with van der Waals surface area (Å²) in [5, 5.41) is 9.79. The first-order chi connectivity index (χ1) is 15.5. The highest BCUT2D eigenvalue weighted by atomic mass is 16.5. The van der Waals surface area contributed by atoms with Crippen LogP contribution in [0.3, 0.4) is 0 Å². The van der Waals surface area contributed by atoms with Gasteiger partial charge in [-0.25, -0.2) is 0 Å². The van der Waals surface area contributed by atoms with Crippen LogP contribution < -0.4 is 14.8 Å². The summed E-state index contributed by atoms with van der Waals surface area (Å²) in [7, 11) is 3.11. The first kappa shape index (κ1) is 23.1. The molecule has 2 N–H and O–H groups in total. The normalized spacial score (nSPS) is 19.6. The molecule has 0 unspecified atom stereocenters. The third-order valence-corrected chi connectivity index (χ3v) is 5.47. The third kappa shape index (κ3) is 5.00. The number of amides is 2. The molecule has 0 aliphatic carbocycles. The van der Waals surface area contributed by atoms with Gasteiger partial charge in [0, 0.05) is 13.1 Å². The Morgan fingerprint density at radius 2 is 1.84 bits per heavy atom. The van der Waals surface area contributed by atoms with E-state index in [1.54, 1.807) is 31.3 Å². The number of hydrogen-bond acceptors (Lipinski definition) is 6. The van der Waals surface area contributed by atoms with Crippen molar-refractivity contribution in [1.82, 2.24) is 10.2 Å². The van der Waals surface area contributed by atoms with E-state index < -0.39 is 12.1 Å². The van der Waals surface area contributed by atoms with Crippen LogP contribution in [0.4, 0.5) is 0 Å². The fourth-order valence-electron chi connectivity index (χ4n) is 3.93. The van der Waals surface area contributed by atoms with Gasteiger partial charge in [0.1, 0.15) is 6.61 Å². The predicted octanol–water partition coefficient (Wildman–Crippen LogP) is 1.55. The van der Waals surface area contributed by atoms with Gasteiger partial charge in [0.05, 0.1) is 20.3 Å². The molecule has 2 aliphatic rings. The number of carboxylic acid groups (broad SMARTS) is 1. The lowest BCUT2D eigenvalue weighted by molar-refractivity contribution is -0.156. The van der Waals surface area contributed by atoms with Crippen LogP contribution in [0.1, 0.15) is 22.7 Å². The third-order valence-electron chi connectivity index (χ3n) is 5.47. The molecule has 2 amide bonds. The van der Waals surface area contributed by atoms with Crippen molar-refractivity contribution in [3.63, 3.8) is 0 Å². The second-order valence-corrected chi connectivity index (χ2v) is 7.28. The minimum atomic E-state index is -0.795. The molecule has 1 saturated heterocycles. The lowest BCUT2D eigenvalue weighted by Crippen LogP contribution is -2.54. The molecule has 9 nitrogen and oxygen atoms in total. The van der Waals surface area contributed by atoms with E-state index in [1.807, 2.05) is 24.3 Å². The summed E-state index contributed by atoms with van der Waals surface area (Å²) in [5.74, 6) is 0.731. The summed E-state index contributed by atoms with van der Waals surface area (Å²) >= 11 is 0. The van der Waals surface area contributed by atoms with Crippen molar-refractivity contribution >= 4 is 18.3 Å². The first-order valence-electron chi connectivity index (χ1n) is 10.1. The SMILES string of the molecule is COc1ccc([C@H]2NC(=O)CO[C@@H]2C(=O)N2CCc3ccccc3C2)cc1OC.O=CO. The Balaban J connectivity index is 0.000000913. The van der Waals surface area contributed by atoms with Crippen LogP contribution in [0.5, 0.6) is 11.5 Å². The van der Waals surface area contributed by atoms with Gasteiger partial charge in [0.25, 0.3) is 12.4 Å². The number of nitrogens with one attached hydrogen (secondary N) is 1. The number of methoxy groups -OCH3 is 2. The van der Waals surface area contributed by atoms with Crippen LogP contribution >= 0.6 is 0 Å². The number of carbonyl (C=O) groups excluding carboxylic acids is 2. The smallest absolute Gasteiger partial charge is 0.290 e. The van der Waals surface area contributed by atoms with Gasteiger partial charge in [-0.05, 0) is 35.2 Å². The number of benzene rings is 2. The summed E-state index contributed by atoms with van der Waals surface area (Å²) in [4.78, 5) is 35.5. The summed E-state index contributed by atoms with van der Waals surface area (Å²) in [5.41, 5.74) is 3.15. The van der Waals surface area contributed by atoms with E-state index >= 15 is 0 Å². The van der Waals surface area contributed by atoms with Crippen molar-refractivity contribution in [3.05, 3.63) is 59.2 Å². The maximum atomic E-state index is 13.3. The standard InChI is InChI=1S/C22H24N2O5.CH2O2/c1-27-17-8-7-15(11-18(17)28-2)20-21(29-13-19(25)23-20)22(26)24-10-9-14-5-3-4-6-16(14)12-24;2-1-3/h3-8,11,20-21H,9-10,12-13H2,1-2H3,(H,23,25);1H,(H,2,3)/t20-,21+;/m1./s1. The quantitative estimate of drug-likeness (QED) is 0.691. The Hall–Kier alpha value is -3.59. The molecule has 2 aromatic carbocycles. The van der Waals surface area contributed by atoms with Crippen molar-refractivity contribution in [2.45, 2.75) is 25.1 Å². The molecule has 1 fully saturated rings. The lowest BCUT2D eigenvalue weighted by Gasteiger charge is -2.37. The van der Waals surface area contributed by atoms with Crippen LogP contribution in [-0.4, -0.2) is 61.8 Å². The van der Waals surface area contributed by atoms with E-state index in [4.69, 9.17) is 24.1 Å². The highest BCUT2D eigenvalue weighted by Gasteiger charge is 2.39. The van der Waals surface area contributed by atoms with Crippen LogP contribution in [0.15, 0.2) is 42.5 Å². The number of carbonyl (C=O) groups is 3. The Labute approximate surface area is 185 Å². The van der Waals surface area contributed by atoms with E-state index in [9.17, 15) is 9.59 Å². The topological polar surface area (TPSA) is 114 Å². The summed E-state index contributed by atoms with van der Waals surface area (Å²) in [6.45, 7) is 0.786. The van der Waals surface area contributed by atoms with Gasteiger partial charge in [0.15, 0.2) is 17.6 Å². The molecule has 170 valence electrons.